The average Bonchev–Trinajstić information content (AvgIpc) is 2.96. The largest absolute Gasteiger partial charge is 0.493 e. The quantitative estimate of drug-likeness (QED) is 0.655. The van der Waals surface area contributed by atoms with Crippen molar-refractivity contribution in [2.75, 3.05) is 39.9 Å². The number of imidazole rings is 1. The molecule has 0 unspecified atom stereocenters. The van der Waals surface area contributed by atoms with Gasteiger partial charge < -0.3 is 29.4 Å². The second-order valence-electron chi connectivity index (χ2n) is 7.08. The minimum absolute atomic E-state index is 0.249. The number of benzene rings is 2. The number of hydrogen-bond donors (Lipinski definition) is 2. The van der Waals surface area contributed by atoms with Crippen molar-refractivity contribution in [1.29, 1.82) is 0 Å². The maximum absolute atomic E-state index is 6.10. The molecule has 10 nitrogen and oxygen atoms in total. The molecule has 0 saturated carbocycles. The van der Waals surface area contributed by atoms with Crippen LogP contribution in [0.3, 0.4) is 0 Å². The zero-order valence-corrected chi connectivity index (χ0v) is 17.5. The standard InChI is InChI=1S/C21H23N5O5/c1-27-14-6-5-11(17(28-2)18(14)29-3)19-24-20(22)25-21-23-12-9-15-16(10-13(12)26(19)21)31-8-4-7-30-15/h5-6,9-10,19H,4,7-8H2,1-3H3,(H3,22,23,24,25)/t19-/m0/s1. The number of rotatable bonds is 4. The highest BCUT2D eigenvalue weighted by atomic mass is 16.5. The van der Waals surface area contributed by atoms with Gasteiger partial charge in [-0.05, 0) is 12.1 Å². The third kappa shape index (κ3) is 3.02. The van der Waals surface area contributed by atoms with Gasteiger partial charge in [0, 0.05) is 24.1 Å². The minimum Gasteiger partial charge on any atom is -0.493 e. The highest BCUT2D eigenvalue weighted by molar-refractivity contribution is 5.95. The van der Waals surface area contributed by atoms with Crippen molar-refractivity contribution in [1.82, 2.24) is 9.55 Å². The molecular formula is C21H23N5O5. The maximum Gasteiger partial charge on any atom is 0.212 e. The number of nitrogens with one attached hydrogen (secondary N) is 1. The topological polar surface area (TPSA) is 114 Å². The number of fused-ring (bicyclic) bond motifs is 4. The van der Waals surface area contributed by atoms with Crippen molar-refractivity contribution in [3.8, 4) is 28.7 Å². The predicted octanol–water partition coefficient (Wildman–Crippen LogP) is 2.51. The summed E-state index contributed by atoms with van der Waals surface area (Å²) in [6.45, 7) is 1.20. The fourth-order valence-electron chi connectivity index (χ4n) is 3.96. The van der Waals surface area contributed by atoms with E-state index >= 15 is 0 Å². The van der Waals surface area contributed by atoms with E-state index in [0.717, 1.165) is 23.0 Å². The molecule has 2 aromatic carbocycles. The van der Waals surface area contributed by atoms with Gasteiger partial charge in [0.1, 0.15) is 0 Å². The molecule has 0 fully saturated rings. The zero-order chi connectivity index (χ0) is 21.5. The van der Waals surface area contributed by atoms with Crippen LogP contribution < -0.4 is 34.7 Å². The van der Waals surface area contributed by atoms with Crippen molar-refractivity contribution in [3.63, 3.8) is 0 Å². The molecule has 1 atom stereocenters. The molecule has 0 radical (unpaired) electrons. The Bertz CT molecular complexity index is 1190. The van der Waals surface area contributed by atoms with Crippen LogP contribution in [0.5, 0.6) is 28.7 Å². The number of nitrogens with zero attached hydrogens (tertiary/aromatic N) is 3. The maximum atomic E-state index is 6.10. The first-order valence-electron chi connectivity index (χ1n) is 9.85. The lowest BCUT2D eigenvalue weighted by atomic mass is 10.1. The van der Waals surface area contributed by atoms with Crippen LogP contribution in [-0.4, -0.2) is 50.1 Å². The summed E-state index contributed by atoms with van der Waals surface area (Å²) in [4.78, 5) is 9.35. The number of methoxy groups -OCH3 is 3. The van der Waals surface area contributed by atoms with Crippen molar-refractivity contribution in [2.45, 2.75) is 12.6 Å². The predicted molar refractivity (Wildman–Crippen MR) is 115 cm³/mol. The number of nitrogens with two attached hydrogens (primary N) is 1. The van der Waals surface area contributed by atoms with Crippen LogP contribution in [0.2, 0.25) is 0 Å². The van der Waals surface area contributed by atoms with Gasteiger partial charge in [-0.1, -0.05) is 0 Å². The summed E-state index contributed by atoms with van der Waals surface area (Å²) in [6, 6.07) is 7.49. The average molecular weight is 425 g/mol. The highest BCUT2D eigenvalue weighted by Crippen LogP contribution is 2.46. The van der Waals surface area contributed by atoms with Gasteiger partial charge in [0.15, 0.2) is 35.1 Å². The summed E-state index contributed by atoms with van der Waals surface area (Å²) >= 11 is 0. The van der Waals surface area contributed by atoms with E-state index in [4.69, 9.17) is 34.4 Å². The molecule has 2 aliphatic heterocycles. The van der Waals surface area contributed by atoms with Crippen molar-refractivity contribution in [2.24, 2.45) is 10.7 Å². The third-order valence-corrected chi connectivity index (χ3v) is 5.32. The number of aliphatic imine (C=N–C) groups is 1. The van der Waals surface area contributed by atoms with Crippen molar-refractivity contribution in [3.05, 3.63) is 29.8 Å². The molecule has 3 aromatic rings. The lowest BCUT2D eigenvalue weighted by molar-refractivity contribution is 0.297. The van der Waals surface area contributed by atoms with Gasteiger partial charge in [-0.15, -0.1) is 0 Å². The van der Waals surface area contributed by atoms with Crippen LogP contribution in [0.15, 0.2) is 29.3 Å². The Morgan fingerprint density at radius 2 is 1.77 bits per heavy atom. The number of guanidine groups is 1. The Morgan fingerprint density at radius 3 is 2.48 bits per heavy atom. The van der Waals surface area contributed by atoms with Gasteiger partial charge in [0.2, 0.25) is 11.7 Å². The summed E-state index contributed by atoms with van der Waals surface area (Å²) < 4.78 is 30.3. The van der Waals surface area contributed by atoms with E-state index in [9.17, 15) is 0 Å². The Kier molecular flexibility index (Phi) is 4.61. The molecule has 0 spiro atoms. The SMILES string of the molecule is COc1ccc([C@H]2N=C(N)Nc3nc4cc5c(cc4n32)OCCCO5)c(OC)c1OC. The van der Waals surface area contributed by atoms with E-state index in [2.05, 4.69) is 10.3 Å². The third-order valence-electron chi connectivity index (χ3n) is 5.32. The van der Waals surface area contributed by atoms with Crippen molar-refractivity contribution < 1.29 is 23.7 Å². The van der Waals surface area contributed by atoms with Crippen LogP contribution in [0, 0.1) is 0 Å². The smallest absolute Gasteiger partial charge is 0.212 e. The van der Waals surface area contributed by atoms with Gasteiger partial charge in [-0.3, -0.25) is 9.88 Å². The monoisotopic (exact) mass is 425 g/mol. The van der Waals surface area contributed by atoms with E-state index in [-0.39, 0.29) is 5.96 Å². The number of hydrogen-bond acceptors (Lipinski definition) is 9. The lowest BCUT2D eigenvalue weighted by Crippen LogP contribution is -2.31. The molecule has 31 heavy (non-hydrogen) atoms. The van der Waals surface area contributed by atoms with Crippen LogP contribution in [0.4, 0.5) is 5.95 Å². The van der Waals surface area contributed by atoms with Gasteiger partial charge in [0.05, 0.1) is 45.6 Å². The summed E-state index contributed by atoms with van der Waals surface area (Å²) in [5.41, 5.74) is 8.41. The van der Waals surface area contributed by atoms with E-state index in [1.54, 1.807) is 21.3 Å². The summed E-state index contributed by atoms with van der Waals surface area (Å²) in [7, 11) is 4.72. The number of aromatic nitrogens is 2. The second-order valence-corrected chi connectivity index (χ2v) is 7.08. The van der Waals surface area contributed by atoms with Crippen LogP contribution in [0.1, 0.15) is 18.2 Å². The zero-order valence-electron chi connectivity index (χ0n) is 17.5. The fraction of sp³-hybridized carbons (Fsp3) is 0.333. The van der Waals surface area contributed by atoms with Gasteiger partial charge in [0.25, 0.3) is 0 Å². The van der Waals surface area contributed by atoms with Crippen LogP contribution >= 0.6 is 0 Å². The first-order chi connectivity index (χ1) is 15.1. The molecule has 10 heteroatoms. The van der Waals surface area contributed by atoms with Crippen LogP contribution in [-0.2, 0) is 0 Å². The molecule has 1 aromatic heterocycles. The van der Waals surface area contributed by atoms with Crippen molar-refractivity contribution >= 4 is 22.9 Å². The molecule has 162 valence electrons. The molecule has 3 heterocycles. The highest BCUT2D eigenvalue weighted by Gasteiger charge is 2.30. The van der Waals surface area contributed by atoms with E-state index in [1.807, 2.05) is 28.8 Å². The molecule has 0 saturated heterocycles. The van der Waals surface area contributed by atoms with E-state index < -0.39 is 6.17 Å². The first kappa shape index (κ1) is 19.2. The molecular weight excluding hydrogens is 402 g/mol. The lowest BCUT2D eigenvalue weighted by Gasteiger charge is -2.26. The van der Waals surface area contributed by atoms with E-state index in [1.165, 1.54) is 0 Å². The molecule has 0 bridgehead atoms. The molecule has 0 aliphatic carbocycles. The summed E-state index contributed by atoms with van der Waals surface area (Å²) in [5.74, 6) is 3.70. The van der Waals surface area contributed by atoms with E-state index in [0.29, 0.717) is 47.9 Å². The number of anilines is 1. The minimum atomic E-state index is -0.541. The molecule has 3 N–H and O–H groups in total. The molecule has 5 rings (SSSR count). The van der Waals surface area contributed by atoms with Gasteiger partial charge >= 0.3 is 0 Å². The molecule has 0 amide bonds. The normalized spacial score (nSPS) is 17.3. The second kappa shape index (κ2) is 7.46. The molecule has 2 aliphatic rings. The summed E-state index contributed by atoms with van der Waals surface area (Å²) in [6.07, 6.45) is 0.284. The Balaban J connectivity index is 1.73. The fourth-order valence-corrected chi connectivity index (χ4v) is 3.96. The Hall–Kier alpha value is -3.82. The Labute approximate surface area is 178 Å². The van der Waals surface area contributed by atoms with Gasteiger partial charge in [-0.2, -0.15) is 0 Å². The number of ether oxygens (including phenoxy) is 5. The first-order valence-corrected chi connectivity index (χ1v) is 9.85. The van der Waals surface area contributed by atoms with Crippen LogP contribution in [0.25, 0.3) is 11.0 Å². The summed E-state index contributed by atoms with van der Waals surface area (Å²) in [5, 5.41) is 3.04. The Morgan fingerprint density at radius 1 is 1.03 bits per heavy atom. The van der Waals surface area contributed by atoms with Gasteiger partial charge in [-0.25, -0.2) is 9.98 Å².